The van der Waals surface area contributed by atoms with Gasteiger partial charge in [-0.2, -0.15) is 0 Å². The Balaban J connectivity index is 2.44. The fourth-order valence-electron chi connectivity index (χ4n) is 0.704. The highest BCUT2D eigenvalue weighted by molar-refractivity contribution is 6.62. The van der Waals surface area contributed by atoms with Gasteiger partial charge in [-0.15, -0.1) is 0 Å². The zero-order valence-corrected chi connectivity index (χ0v) is 5.96. The summed E-state index contributed by atoms with van der Waals surface area (Å²) in [6.45, 7) is 3.92. The van der Waals surface area contributed by atoms with Gasteiger partial charge in [0.15, 0.2) is 0 Å². The number of rotatable bonds is 0. The van der Waals surface area contributed by atoms with Crippen LogP contribution in [-0.4, -0.2) is 47.1 Å². The van der Waals surface area contributed by atoms with Crippen LogP contribution in [0.4, 0.5) is 0 Å². The van der Waals surface area contributed by atoms with Crippen LogP contribution in [0.1, 0.15) is 0 Å². The Kier molecular flexibility index (Phi) is 1.80. The van der Waals surface area contributed by atoms with Crippen molar-refractivity contribution in [3.63, 3.8) is 0 Å². The average Bonchev–Trinajstić information content (AvgIpc) is 1.98. The molecular formula is C3H7B2N2Si+. The molecule has 0 aromatic rings. The molecule has 5 heteroatoms. The predicted octanol–water partition coefficient (Wildman–Crippen LogP) is -1.11. The highest BCUT2D eigenvalue weighted by Gasteiger charge is 2.37. The van der Waals surface area contributed by atoms with E-state index in [1.165, 1.54) is 0 Å². The van der Waals surface area contributed by atoms with Gasteiger partial charge in [0.25, 0.3) is 0 Å². The second-order valence-corrected chi connectivity index (χ2v) is 4.18. The Hall–Kier alpha value is 0.267. The minimum absolute atomic E-state index is 0.690. The Labute approximate surface area is 54.5 Å². The molecule has 2 nitrogen and oxygen atoms in total. The minimum atomic E-state index is -0.690. The van der Waals surface area contributed by atoms with Gasteiger partial charge in [0.05, 0.1) is 6.55 Å². The molecule has 38 valence electrons. The lowest BCUT2D eigenvalue weighted by atomic mass is 10.3. The van der Waals surface area contributed by atoms with E-state index in [1.54, 1.807) is 0 Å². The van der Waals surface area contributed by atoms with Crippen LogP contribution >= 0.6 is 0 Å². The quantitative estimate of drug-likeness (QED) is 0.375. The van der Waals surface area contributed by atoms with Crippen molar-refractivity contribution in [3.8, 4) is 0 Å². The Morgan fingerprint density at radius 1 is 1.25 bits per heavy atom. The normalized spacial score (nSPS) is 24.9. The summed E-state index contributed by atoms with van der Waals surface area (Å²) in [4.78, 5) is 0. The summed E-state index contributed by atoms with van der Waals surface area (Å²) in [7, 11) is 10.4. The van der Waals surface area contributed by atoms with Gasteiger partial charge in [-0.3, -0.25) is 0 Å². The molecule has 1 rings (SSSR count). The summed E-state index contributed by atoms with van der Waals surface area (Å²) in [5, 5.41) is 0. The minimum Gasteiger partial charge on any atom is -0.220 e. The Bertz CT molecular complexity index is 81.4. The van der Waals surface area contributed by atoms with E-state index in [0.29, 0.717) is 0 Å². The van der Waals surface area contributed by atoms with Crippen molar-refractivity contribution < 1.29 is 0 Å². The third-order valence-electron chi connectivity index (χ3n) is 1.41. The third-order valence-corrected chi connectivity index (χ3v) is 3.52. The molecule has 1 aliphatic rings. The highest BCUT2D eigenvalue weighted by atomic mass is 28.3. The molecule has 0 aromatic carbocycles. The van der Waals surface area contributed by atoms with Crippen LogP contribution < -0.4 is 0 Å². The zero-order valence-electron chi connectivity index (χ0n) is 4.96. The van der Waals surface area contributed by atoms with E-state index < -0.39 is 9.12 Å². The average molecular weight is 121 g/mol. The van der Waals surface area contributed by atoms with Crippen LogP contribution in [0, 0.1) is 0 Å². The first-order chi connectivity index (χ1) is 3.72. The molecule has 4 radical (unpaired) electrons. The van der Waals surface area contributed by atoms with Crippen molar-refractivity contribution in [1.82, 2.24) is 8.95 Å². The van der Waals surface area contributed by atoms with Gasteiger partial charge in [0.2, 0.25) is 16.0 Å². The van der Waals surface area contributed by atoms with E-state index in [2.05, 4.69) is 6.55 Å². The van der Waals surface area contributed by atoms with E-state index in [0.717, 1.165) is 13.1 Å². The zero-order chi connectivity index (χ0) is 6.15. The van der Waals surface area contributed by atoms with Crippen LogP contribution in [-0.2, 0) is 0 Å². The summed E-state index contributed by atoms with van der Waals surface area (Å²) in [6, 6.07) is 0. The lowest BCUT2D eigenvalue weighted by Crippen LogP contribution is -2.38. The number of nitrogens with zero attached hydrogens (tertiary/aromatic N) is 2. The smallest absolute Gasteiger partial charge is 0.220 e. The summed E-state index contributed by atoms with van der Waals surface area (Å²) in [5.74, 6) is 0. The summed E-state index contributed by atoms with van der Waals surface area (Å²) < 4.78 is 3.65. The fourth-order valence-corrected chi connectivity index (χ4v) is 1.88. The Morgan fingerprint density at radius 3 is 1.75 bits per heavy atom. The van der Waals surface area contributed by atoms with E-state index in [1.807, 2.05) is 8.95 Å². The maximum Gasteiger partial charge on any atom is 0.471 e. The van der Waals surface area contributed by atoms with Gasteiger partial charge >= 0.3 is 9.12 Å². The van der Waals surface area contributed by atoms with Gasteiger partial charge in [-0.05, 0) is 0 Å². The number of hydrogen-bond acceptors (Lipinski definition) is 2. The monoisotopic (exact) mass is 121 g/mol. The van der Waals surface area contributed by atoms with Gasteiger partial charge in [0, 0.05) is 13.1 Å². The summed E-state index contributed by atoms with van der Waals surface area (Å²) in [6.07, 6.45) is 0. The van der Waals surface area contributed by atoms with Crippen molar-refractivity contribution in [2.75, 3.05) is 13.1 Å². The van der Waals surface area contributed by atoms with E-state index in [9.17, 15) is 0 Å². The topological polar surface area (TPSA) is 6.48 Å². The molecule has 1 aliphatic heterocycles. The van der Waals surface area contributed by atoms with Crippen LogP contribution in [0.15, 0.2) is 0 Å². The molecule has 1 heterocycles. The van der Waals surface area contributed by atoms with Crippen LogP contribution in [0.25, 0.3) is 0 Å². The van der Waals surface area contributed by atoms with Crippen molar-refractivity contribution in [1.29, 1.82) is 0 Å². The highest BCUT2D eigenvalue weighted by Crippen LogP contribution is 2.02. The molecule has 0 unspecified atom stereocenters. The van der Waals surface area contributed by atoms with Crippen molar-refractivity contribution in [2.24, 2.45) is 0 Å². The van der Waals surface area contributed by atoms with E-state index >= 15 is 0 Å². The molecular weight excluding hydrogens is 114 g/mol. The van der Waals surface area contributed by atoms with E-state index in [-0.39, 0.29) is 0 Å². The van der Waals surface area contributed by atoms with Crippen molar-refractivity contribution in [3.05, 3.63) is 0 Å². The summed E-state index contributed by atoms with van der Waals surface area (Å²) >= 11 is 0. The van der Waals surface area contributed by atoms with Crippen LogP contribution in [0.3, 0.4) is 0 Å². The second-order valence-electron chi connectivity index (χ2n) is 1.93. The van der Waals surface area contributed by atoms with Crippen molar-refractivity contribution >= 4 is 25.1 Å². The van der Waals surface area contributed by atoms with Gasteiger partial charge in [0.1, 0.15) is 0 Å². The van der Waals surface area contributed by atoms with Crippen LogP contribution in [0.2, 0.25) is 6.55 Å². The SMILES string of the molecule is [B]N1CCN([B])[Si+]1C. The standard InChI is InChI=1S/C3H7B2N2Si/c1-8-6(4)2-3-7(8)5/h2-3H2,1H3/q+1. The molecule has 1 saturated heterocycles. The molecule has 0 atom stereocenters. The largest absolute Gasteiger partial charge is 0.471 e. The van der Waals surface area contributed by atoms with Gasteiger partial charge < -0.3 is 0 Å². The van der Waals surface area contributed by atoms with Gasteiger partial charge in [-0.25, -0.2) is 8.95 Å². The van der Waals surface area contributed by atoms with E-state index in [4.69, 9.17) is 16.0 Å². The molecule has 0 amide bonds. The first kappa shape index (κ1) is 6.39. The number of hydrogen-bond donors (Lipinski definition) is 0. The van der Waals surface area contributed by atoms with Gasteiger partial charge in [-0.1, -0.05) is 0 Å². The first-order valence-electron chi connectivity index (χ1n) is 2.60. The Morgan fingerprint density at radius 2 is 1.62 bits per heavy atom. The lowest BCUT2D eigenvalue weighted by molar-refractivity contribution is 0.696. The molecule has 0 aromatic heterocycles. The summed E-state index contributed by atoms with van der Waals surface area (Å²) in [5.41, 5.74) is 0. The first-order valence-corrected chi connectivity index (χ1v) is 4.49. The molecule has 0 N–H and O–H groups in total. The maximum absolute atomic E-state index is 5.53. The van der Waals surface area contributed by atoms with Crippen molar-refractivity contribution in [2.45, 2.75) is 6.55 Å². The van der Waals surface area contributed by atoms with Crippen LogP contribution in [0.5, 0.6) is 0 Å². The lowest BCUT2D eigenvalue weighted by Gasteiger charge is -2.00. The second kappa shape index (κ2) is 2.25. The third kappa shape index (κ3) is 0.988. The maximum atomic E-state index is 5.53. The molecule has 0 bridgehead atoms. The molecule has 8 heavy (non-hydrogen) atoms. The molecule has 0 spiro atoms. The molecule has 1 fully saturated rings. The fraction of sp³-hybridized carbons (Fsp3) is 1.00. The predicted molar refractivity (Wildman–Crippen MR) is 36.5 cm³/mol. The molecule has 0 aliphatic carbocycles. The molecule has 0 saturated carbocycles.